The van der Waals surface area contributed by atoms with Crippen molar-refractivity contribution in [1.29, 1.82) is 0 Å². The predicted octanol–water partition coefficient (Wildman–Crippen LogP) is 2.86. The fraction of sp³-hybridized carbons (Fsp3) is 0.0667. The third-order valence-corrected chi connectivity index (χ3v) is 3.54. The van der Waals surface area contributed by atoms with E-state index in [1.54, 1.807) is 30.1 Å². The second-order valence-corrected chi connectivity index (χ2v) is 5.08. The van der Waals surface area contributed by atoms with Crippen molar-refractivity contribution < 1.29 is 9.53 Å². The first-order chi connectivity index (χ1) is 10.8. The van der Waals surface area contributed by atoms with Gasteiger partial charge in [0.25, 0.3) is 5.91 Å². The molecule has 1 aromatic carbocycles. The summed E-state index contributed by atoms with van der Waals surface area (Å²) >= 11 is 1.36. The largest absolute Gasteiger partial charge is 0.497 e. The molecule has 0 spiro atoms. The number of ether oxygens (including phenoxy) is 1. The summed E-state index contributed by atoms with van der Waals surface area (Å²) in [4.78, 5) is 15.8. The molecule has 0 aliphatic rings. The third kappa shape index (κ3) is 3.09. The van der Waals surface area contributed by atoms with Crippen LogP contribution in [0.4, 0.5) is 5.82 Å². The number of nitrogens with one attached hydrogen (secondary N) is 1. The van der Waals surface area contributed by atoms with Crippen LogP contribution in [0.5, 0.6) is 5.75 Å². The van der Waals surface area contributed by atoms with E-state index in [1.807, 2.05) is 24.3 Å². The zero-order valence-electron chi connectivity index (χ0n) is 11.7. The molecule has 7 heteroatoms. The van der Waals surface area contributed by atoms with Crippen molar-refractivity contribution in [2.75, 3.05) is 12.4 Å². The van der Waals surface area contributed by atoms with Gasteiger partial charge in [0.15, 0.2) is 5.82 Å². The zero-order valence-corrected chi connectivity index (χ0v) is 12.5. The lowest BCUT2D eigenvalue weighted by Gasteiger charge is -2.04. The Morgan fingerprint density at radius 1 is 1.14 bits per heavy atom. The highest BCUT2D eigenvalue weighted by Gasteiger charge is 2.09. The van der Waals surface area contributed by atoms with Crippen LogP contribution in [0.15, 0.2) is 47.3 Å². The molecule has 22 heavy (non-hydrogen) atoms. The van der Waals surface area contributed by atoms with Crippen molar-refractivity contribution in [2.45, 2.75) is 0 Å². The molecule has 0 aliphatic carbocycles. The zero-order chi connectivity index (χ0) is 15.4. The molecule has 1 amide bonds. The number of hydrogen-bond donors (Lipinski definition) is 1. The normalized spacial score (nSPS) is 10.2. The monoisotopic (exact) mass is 312 g/mol. The fourth-order valence-electron chi connectivity index (χ4n) is 1.82. The number of amides is 1. The molecule has 0 saturated heterocycles. The number of thiazole rings is 1. The molecular formula is C15H12N4O2S. The Bertz CT molecular complexity index is 755. The lowest BCUT2D eigenvalue weighted by atomic mass is 10.1. The van der Waals surface area contributed by atoms with Crippen LogP contribution in [0.3, 0.4) is 0 Å². The van der Waals surface area contributed by atoms with E-state index in [-0.39, 0.29) is 5.91 Å². The van der Waals surface area contributed by atoms with Crippen molar-refractivity contribution in [3.63, 3.8) is 0 Å². The average molecular weight is 312 g/mol. The van der Waals surface area contributed by atoms with Gasteiger partial charge in [0.2, 0.25) is 0 Å². The van der Waals surface area contributed by atoms with E-state index in [0.717, 1.165) is 11.3 Å². The fourth-order valence-corrected chi connectivity index (χ4v) is 2.35. The maximum absolute atomic E-state index is 11.9. The summed E-state index contributed by atoms with van der Waals surface area (Å²) in [5.74, 6) is 0.867. The van der Waals surface area contributed by atoms with Gasteiger partial charge in [-0.3, -0.25) is 4.79 Å². The van der Waals surface area contributed by atoms with Gasteiger partial charge in [-0.2, -0.15) is 0 Å². The summed E-state index contributed by atoms with van der Waals surface area (Å²) in [6.07, 6.45) is 0. The van der Waals surface area contributed by atoms with Gasteiger partial charge in [-0.25, -0.2) is 4.98 Å². The van der Waals surface area contributed by atoms with E-state index >= 15 is 0 Å². The topological polar surface area (TPSA) is 77.0 Å². The second kappa shape index (κ2) is 6.31. The highest BCUT2D eigenvalue weighted by Crippen LogP contribution is 2.20. The molecule has 3 rings (SSSR count). The van der Waals surface area contributed by atoms with Crippen LogP contribution in [0.1, 0.15) is 10.5 Å². The van der Waals surface area contributed by atoms with E-state index in [2.05, 4.69) is 20.5 Å². The average Bonchev–Trinajstić information content (AvgIpc) is 3.10. The van der Waals surface area contributed by atoms with Crippen LogP contribution >= 0.6 is 11.3 Å². The first kappa shape index (κ1) is 14.2. The molecule has 0 saturated carbocycles. The first-order valence-corrected chi connectivity index (χ1v) is 7.38. The highest BCUT2D eigenvalue weighted by atomic mass is 32.1. The number of methoxy groups -OCH3 is 1. The Morgan fingerprint density at radius 2 is 1.95 bits per heavy atom. The molecule has 0 radical (unpaired) electrons. The van der Waals surface area contributed by atoms with Gasteiger partial charge < -0.3 is 10.1 Å². The van der Waals surface area contributed by atoms with Gasteiger partial charge in [0.05, 0.1) is 18.3 Å². The van der Waals surface area contributed by atoms with Gasteiger partial charge in [-0.05, 0) is 36.4 Å². The van der Waals surface area contributed by atoms with Gasteiger partial charge in [0.1, 0.15) is 11.4 Å². The number of nitrogens with zero attached hydrogens (tertiary/aromatic N) is 3. The standard InChI is InChI=1S/C15H12N4O2S/c1-21-11-4-2-10(3-5-11)12-6-7-14(19-18-12)17-15(20)13-8-22-9-16-13/h2-9H,1H3,(H,17,19,20). The van der Waals surface area contributed by atoms with Crippen LogP contribution < -0.4 is 10.1 Å². The smallest absolute Gasteiger partial charge is 0.276 e. The minimum Gasteiger partial charge on any atom is -0.497 e. The minimum atomic E-state index is -0.298. The summed E-state index contributed by atoms with van der Waals surface area (Å²) in [6.45, 7) is 0. The Morgan fingerprint density at radius 3 is 2.55 bits per heavy atom. The Kier molecular flexibility index (Phi) is 4.06. The van der Waals surface area contributed by atoms with Gasteiger partial charge in [-0.15, -0.1) is 21.5 Å². The molecular weight excluding hydrogens is 300 g/mol. The molecule has 6 nitrogen and oxygen atoms in total. The van der Waals surface area contributed by atoms with E-state index < -0.39 is 0 Å². The van der Waals surface area contributed by atoms with Crippen molar-refractivity contribution in [2.24, 2.45) is 0 Å². The van der Waals surface area contributed by atoms with Crippen LogP contribution in [-0.2, 0) is 0 Å². The molecule has 0 unspecified atom stereocenters. The summed E-state index contributed by atoms with van der Waals surface area (Å²) < 4.78 is 5.11. The van der Waals surface area contributed by atoms with E-state index in [4.69, 9.17) is 4.74 Å². The quantitative estimate of drug-likeness (QED) is 0.801. The number of aromatic nitrogens is 3. The molecule has 3 aromatic rings. The number of benzene rings is 1. The summed E-state index contributed by atoms with van der Waals surface area (Å²) in [6, 6.07) is 11.0. The van der Waals surface area contributed by atoms with E-state index in [9.17, 15) is 4.79 Å². The second-order valence-electron chi connectivity index (χ2n) is 4.36. The van der Waals surface area contributed by atoms with Crippen LogP contribution in [-0.4, -0.2) is 28.2 Å². The predicted molar refractivity (Wildman–Crippen MR) is 84.1 cm³/mol. The summed E-state index contributed by atoms with van der Waals surface area (Å²) in [5.41, 5.74) is 3.61. The lowest BCUT2D eigenvalue weighted by Crippen LogP contribution is -2.13. The van der Waals surface area contributed by atoms with Gasteiger partial charge >= 0.3 is 0 Å². The number of hydrogen-bond acceptors (Lipinski definition) is 6. The highest BCUT2D eigenvalue weighted by molar-refractivity contribution is 7.07. The number of rotatable bonds is 4. The molecule has 0 atom stereocenters. The van der Waals surface area contributed by atoms with Crippen molar-refractivity contribution >= 4 is 23.1 Å². The summed E-state index contributed by atoms with van der Waals surface area (Å²) in [5, 5.41) is 12.5. The van der Waals surface area contributed by atoms with Gasteiger partial charge in [-0.1, -0.05) is 0 Å². The molecule has 110 valence electrons. The number of carbonyl (C=O) groups excluding carboxylic acids is 1. The molecule has 2 aromatic heterocycles. The van der Waals surface area contributed by atoms with Gasteiger partial charge in [0, 0.05) is 10.9 Å². The van der Waals surface area contributed by atoms with Crippen LogP contribution in [0, 0.1) is 0 Å². The summed E-state index contributed by atoms with van der Waals surface area (Å²) in [7, 11) is 1.62. The van der Waals surface area contributed by atoms with E-state index in [0.29, 0.717) is 17.2 Å². The first-order valence-electron chi connectivity index (χ1n) is 6.44. The minimum absolute atomic E-state index is 0.298. The molecule has 2 heterocycles. The Hall–Kier alpha value is -2.80. The van der Waals surface area contributed by atoms with Crippen molar-refractivity contribution in [3.05, 3.63) is 53.0 Å². The van der Waals surface area contributed by atoms with Crippen molar-refractivity contribution in [1.82, 2.24) is 15.2 Å². The number of anilines is 1. The Labute approximate surface area is 130 Å². The van der Waals surface area contributed by atoms with Crippen molar-refractivity contribution in [3.8, 4) is 17.0 Å². The molecule has 1 N–H and O–H groups in total. The Balaban J connectivity index is 1.73. The molecule has 0 fully saturated rings. The van der Waals surface area contributed by atoms with Crippen LogP contribution in [0.25, 0.3) is 11.3 Å². The van der Waals surface area contributed by atoms with E-state index in [1.165, 1.54) is 11.3 Å². The molecule has 0 bridgehead atoms. The maximum Gasteiger partial charge on any atom is 0.276 e. The lowest BCUT2D eigenvalue weighted by molar-refractivity contribution is 0.102. The SMILES string of the molecule is COc1ccc(-c2ccc(NC(=O)c3cscn3)nn2)cc1. The maximum atomic E-state index is 11.9. The third-order valence-electron chi connectivity index (χ3n) is 2.96. The molecule has 0 aliphatic heterocycles. The number of carbonyl (C=O) groups is 1. The van der Waals surface area contributed by atoms with Crippen LogP contribution in [0.2, 0.25) is 0 Å².